The highest BCUT2D eigenvalue weighted by Gasteiger charge is 2.36. The van der Waals surface area contributed by atoms with Crippen molar-refractivity contribution in [3.05, 3.63) is 65.7 Å². The number of nitrogens with one attached hydrogen (secondary N) is 1. The van der Waals surface area contributed by atoms with Gasteiger partial charge in [-0.2, -0.15) is 0 Å². The Morgan fingerprint density at radius 2 is 1.71 bits per heavy atom. The summed E-state index contributed by atoms with van der Waals surface area (Å²) in [5, 5.41) is 3.21. The Hall–Kier alpha value is -4.54. The number of carbonyl (C=O) groups is 2. The van der Waals surface area contributed by atoms with Crippen LogP contribution in [0.3, 0.4) is 0 Å². The highest BCUT2D eigenvalue weighted by atomic mass is 16.7. The second-order valence-electron chi connectivity index (χ2n) is 9.92. The number of ether oxygens (including phenoxy) is 5. The molecular formula is C30H34N4O7. The van der Waals surface area contributed by atoms with E-state index in [0.717, 1.165) is 37.7 Å². The summed E-state index contributed by atoms with van der Waals surface area (Å²) in [6, 6.07) is 7.79. The third-order valence-electron chi connectivity index (χ3n) is 7.35. The average molecular weight is 563 g/mol. The lowest BCUT2D eigenvalue weighted by Gasteiger charge is -2.33. The fourth-order valence-electron chi connectivity index (χ4n) is 5.33. The first-order chi connectivity index (χ1) is 20.0. The van der Waals surface area contributed by atoms with Gasteiger partial charge in [0.2, 0.25) is 18.4 Å². The van der Waals surface area contributed by atoms with Crippen LogP contribution >= 0.6 is 0 Å². The van der Waals surface area contributed by atoms with Crippen LogP contribution in [-0.4, -0.2) is 60.8 Å². The Morgan fingerprint density at radius 1 is 0.976 bits per heavy atom. The van der Waals surface area contributed by atoms with Crippen LogP contribution in [0.1, 0.15) is 59.8 Å². The van der Waals surface area contributed by atoms with E-state index in [-0.39, 0.29) is 31.0 Å². The van der Waals surface area contributed by atoms with E-state index in [2.05, 4.69) is 15.3 Å². The third-order valence-corrected chi connectivity index (χ3v) is 7.35. The number of benzene rings is 2. The first-order valence-electron chi connectivity index (χ1n) is 13.6. The zero-order valence-electron chi connectivity index (χ0n) is 23.4. The molecule has 0 saturated heterocycles. The molecule has 0 unspecified atom stereocenters. The summed E-state index contributed by atoms with van der Waals surface area (Å²) in [6.45, 7) is 0.199. The van der Waals surface area contributed by atoms with E-state index in [1.165, 1.54) is 44.8 Å². The van der Waals surface area contributed by atoms with Crippen LogP contribution in [-0.2, 0) is 11.3 Å². The van der Waals surface area contributed by atoms with Gasteiger partial charge < -0.3 is 33.9 Å². The molecule has 2 aromatic carbocycles. The number of hydrogen-bond donors (Lipinski definition) is 1. The Labute approximate surface area is 238 Å². The van der Waals surface area contributed by atoms with Gasteiger partial charge in [-0.3, -0.25) is 14.6 Å². The van der Waals surface area contributed by atoms with Gasteiger partial charge in [-0.25, -0.2) is 4.98 Å². The van der Waals surface area contributed by atoms with E-state index in [4.69, 9.17) is 23.7 Å². The van der Waals surface area contributed by atoms with Gasteiger partial charge in [0.05, 0.1) is 27.5 Å². The van der Waals surface area contributed by atoms with Crippen LogP contribution in [0.5, 0.6) is 28.7 Å². The minimum absolute atomic E-state index is 0.0137. The SMILES string of the molecule is COc1cc([C@@H](C(=O)NC2CCCCC2)N(Cc2ccc3c(c2)OCO3)C(=O)c2cnccn2)cc(OC)c1OC. The van der Waals surface area contributed by atoms with Gasteiger partial charge in [0.1, 0.15) is 11.7 Å². The van der Waals surface area contributed by atoms with Crippen molar-refractivity contribution >= 4 is 11.8 Å². The standard InChI is InChI=1S/C30H34N4O7/c1-37-25-14-20(15-26(38-2)28(25)39-3)27(29(35)33-21-7-5-4-6-8-21)34(30(36)22-16-31-11-12-32-22)17-19-9-10-23-24(13-19)41-18-40-23/h9-16,21,27H,4-8,17-18H2,1-3H3,(H,33,35)/t27-/m0/s1. The fraction of sp³-hybridized carbons (Fsp3) is 0.400. The maximum absolute atomic E-state index is 14.2. The zero-order chi connectivity index (χ0) is 28.8. The van der Waals surface area contributed by atoms with Crippen molar-refractivity contribution < 1.29 is 33.3 Å². The Bertz CT molecular complexity index is 1350. The van der Waals surface area contributed by atoms with E-state index < -0.39 is 11.9 Å². The molecule has 0 bridgehead atoms. The minimum atomic E-state index is -1.06. The first kappa shape index (κ1) is 28.0. The van der Waals surface area contributed by atoms with Gasteiger partial charge in [0, 0.05) is 25.0 Å². The molecule has 11 heteroatoms. The molecule has 1 fully saturated rings. The van der Waals surface area contributed by atoms with Crippen LogP contribution in [0.15, 0.2) is 48.9 Å². The van der Waals surface area contributed by atoms with E-state index >= 15 is 0 Å². The van der Waals surface area contributed by atoms with Gasteiger partial charge in [-0.15, -0.1) is 0 Å². The van der Waals surface area contributed by atoms with Crippen molar-refractivity contribution in [2.75, 3.05) is 28.1 Å². The quantitative estimate of drug-likeness (QED) is 0.390. The van der Waals surface area contributed by atoms with Crippen molar-refractivity contribution in [2.45, 2.75) is 50.7 Å². The molecule has 2 heterocycles. The van der Waals surface area contributed by atoms with Crippen LogP contribution in [0.25, 0.3) is 0 Å². The van der Waals surface area contributed by atoms with Crippen molar-refractivity contribution in [3.63, 3.8) is 0 Å². The molecule has 1 aliphatic heterocycles. The molecule has 5 rings (SSSR count). The summed E-state index contributed by atoms with van der Waals surface area (Å²) in [5.74, 6) is 1.53. The number of amides is 2. The number of aromatic nitrogens is 2. The molecule has 2 aliphatic rings. The summed E-state index contributed by atoms with van der Waals surface area (Å²) in [4.78, 5) is 38.2. The highest BCUT2D eigenvalue weighted by Crippen LogP contribution is 2.42. The van der Waals surface area contributed by atoms with Crippen molar-refractivity contribution in [1.29, 1.82) is 0 Å². The average Bonchev–Trinajstić information content (AvgIpc) is 3.49. The van der Waals surface area contributed by atoms with Gasteiger partial charge in [-0.05, 0) is 48.2 Å². The predicted molar refractivity (Wildman–Crippen MR) is 148 cm³/mol. The Kier molecular flexibility index (Phi) is 8.71. The molecule has 1 aliphatic carbocycles. The lowest BCUT2D eigenvalue weighted by atomic mass is 9.94. The Balaban J connectivity index is 1.62. The maximum Gasteiger partial charge on any atom is 0.275 e. The summed E-state index contributed by atoms with van der Waals surface area (Å²) in [6.07, 6.45) is 9.32. The minimum Gasteiger partial charge on any atom is -0.493 e. The van der Waals surface area contributed by atoms with Crippen molar-refractivity contribution in [1.82, 2.24) is 20.2 Å². The topological polar surface area (TPSA) is 121 Å². The van der Waals surface area contributed by atoms with E-state index in [1.54, 1.807) is 18.2 Å². The predicted octanol–water partition coefficient (Wildman–Crippen LogP) is 4.06. The van der Waals surface area contributed by atoms with Gasteiger partial charge >= 0.3 is 0 Å². The first-order valence-corrected chi connectivity index (χ1v) is 13.6. The number of rotatable bonds is 10. The molecule has 3 aromatic rings. The van der Waals surface area contributed by atoms with Crippen LogP contribution in [0, 0.1) is 0 Å². The number of nitrogens with zero attached hydrogens (tertiary/aromatic N) is 3. The smallest absolute Gasteiger partial charge is 0.275 e. The number of carbonyl (C=O) groups excluding carboxylic acids is 2. The fourth-order valence-corrected chi connectivity index (χ4v) is 5.33. The van der Waals surface area contributed by atoms with Gasteiger partial charge in [0.15, 0.2) is 23.0 Å². The molecule has 1 aromatic heterocycles. The normalized spacial score (nSPS) is 15.1. The number of hydrogen-bond acceptors (Lipinski definition) is 9. The lowest BCUT2D eigenvalue weighted by molar-refractivity contribution is -0.127. The molecule has 1 N–H and O–H groups in total. The molecule has 0 radical (unpaired) electrons. The number of fused-ring (bicyclic) bond motifs is 1. The summed E-state index contributed by atoms with van der Waals surface area (Å²) >= 11 is 0. The summed E-state index contributed by atoms with van der Waals surface area (Å²) in [5.41, 5.74) is 1.34. The molecular weight excluding hydrogens is 528 g/mol. The van der Waals surface area contributed by atoms with Crippen LogP contribution in [0.2, 0.25) is 0 Å². The molecule has 1 atom stereocenters. The molecule has 0 spiro atoms. The number of methoxy groups -OCH3 is 3. The maximum atomic E-state index is 14.2. The molecule has 216 valence electrons. The monoisotopic (exact) mass is 562 g/mol. The van der Waals surface area contributed by atoms with Crippen LogP contribution < -0.4 is 29.0 Å². The second kappa shape index (κ2) is 12.8. The zero-order valence-corrected chi connectivity index (χ0v) is 23.4. The van der Waals surface area contributed by atoms with E-state index in [1.807, 2.05) is 12.1 Å². The van der Waals surface area contributed by atoms with E-state index in [9.17, 15) is 9.59 Å². The molecule has 11 nitrogen and oxygen atoms in total. The second-order valence-corrected chi connectivity index (χ2v) is 9.92. The summed E-state index contributed by atoms with van der Waals surface area (Å²) < 4.78 is 27.7. The third kappa shape index (κ3) is 6.13. The molecule has 41 heavy (non-hydrogen) atoms. The summed E-state index contributed by atoms with van der Waals surface area (Å²) in [7, 11) is 4.53. The van der Waals surface area contributed by atoms with Crippen LogP contribution in [0.4, 0.5) is 0 Å². The van der Waals surface area contributed by atoms with Gasteiger partial charge in [0.25, 0.3) is 5.91 Å². The Morgan fingerprint density at radius 3 is 2.37 bits per heavy atom. The largest absolute Gasteiger partial charge is 0.493 e. The molecule has 2 amide bonds. The van der Waals surface area contributed by atoms with Gasteiger partial charge in [-0.1, -0.05) is 25.3 Å². The lowest BCUT2D eigenvalue weighted by Crippen LogP contribution is -2.47. The van der Waals surface area contributed by atoms with Crippen molar-refractivity contribution in [2.24, 2.45) is 0 Å². The highest BCUT2D eigenvalue weighted by molar-refractivity contribution is 5.96. The van der Waals surface area contributed by atoms with Crippen molar-refractivity contribution in [3.8, 4) is 28.7 Å². The molecule has 1 saturated carbocycles. The van der Waals surface area contributed by atoms with E-state index in [0.29, 0.717) is 34.3 Å².